The molecule has 1 aromatic rings. The first-order valence-corrected chi connectivity index (χ1v) is 7.13. The third kappa shape index (κ3) is 7.16. The highest BCUT2D eigenvalue weighted by molar-refractivity contribution is 5.82. The zero-order valence-corrected chi connectivity index (χ0v) is 13.5. The van der Waals surface area contributed by atoms with Crippen molar-refractivity contribution in [2.75, 3.05) is 13.2 Å². The molecule has 0 saturated carbocycles. The third-order valence-electron chi connectivity index (χ3n) is 2.36. The van der Waals surface area contributed by atoms with Crippen molar-refractivity contribution in [2.24, 2.45) is 21.7 Å². The highest BCUT2D eigenvalue weighted by Gasteiger charge is 2.10. The molecule has 0 fully saturated rings. The third-order valence-corrected chi connectivity index (χ3v) is 2.36. The van der Waals surface area contributed by atoms with Gasteiger partial charge in [0.1, 0.15) is 0 Å². The number of esters is 1. The number of rotatable bonds is 8. The molecule has 0 bridgehead atoms. The van der Waals surface area contributed by atoms with Crippen LogP contribution in [0.3, 0.4) is 0 Å². The van der Waals surface area contributed by atoms with Gasteiger partial charge in [0, 0.05) is 0 Å². The maximum absolute atomic E-state index is 11.5. The molecular formula is C15H22N4O4. The van der Waals surface area contributed by atoms with Crippen LogP contribution < -0.4 is 20.9 Å². The van der Waals surface area contributed by atoms with Crippen LogP contribution in [-0.4, -0.2) is 37.5 Å². The van der Waals surface area contributed by atoms with E-state index < -0.39 is 5.97 Å². The average Bonchev–Trinajstić information content (AvgIpc) is 2.45. The molecule has 8 nitrogen and oxygen atoms in total. The summed E-state index contributed by atoms with van der Waals surface area (Å²) in [5.74, 6) is 0.348. The van der Waals surface area contributed by atoms with Crippen molar-refractivity contribution in [1.29, 1.82) is 0 Å². The van der Waals surface area contributed by atoms with Gasteiger partial charge in [-0.05, 0) is 44.5 Å². The summed E-state index contributed by atoms with van der Waals surface area (Å²) in [7, 11) is 0. The maximum Gasteiger partial charge on any atom is 0.344 e. The highest BCUT2D eigenvalue weighted by Crippen LogP contribution is 2.28. The van der Waals surface area contributed by atoms with Gasteiger partial charge in [0.15, 0.2) is 18.1 Å². The van der Waals surface area contributed by atoms with E-state index in [1.807, 2.05) is 6.92 Å². The second-order valence-electron chi connectivity index (χ2n) is 4.74. The van der Waals surface area contributed by atoms with Crippen LogP contribution in [0.5, 0.6) is 11.5 Å². The van der Waals surface area contributed by atoms with Gasteiger partial charge in [-0.25, -0.2) is 4.79 Å². The Hall–Kier alpha value is -2.77. The fourth-order valence-corrected chi connectivity index (χ4v) is 1.59. The van der Waals surface area contributed by atoms with Gasteiger partial charge in [0.2, 0.25) is 5.96 Å². The molecule has 0 saturated heterocycles. The van der Waals surface area contributed by atoms with E-state index in [9.17, 15) is 4.79 Å². The Morgan fingerprint density at radius 3 is 2.61 bits per heavy atom. The van der Waals surface area contributed by atoms with Crippen LogP contribution in [0.1, 0.15) is 26.3 Å². The number of nitrogens with two attached hydrogens (primary N) is 2. The molecule has 0 unspecified atom stereocenters. The number of ether oxygens (including phenoxy) is 3. The number of carbonyl (C=O) groups is 1. The fraction of sp³-hybridized carbons (Fsp3) is 0.400. The van der Waals surface area contributed by atoms with Crippen molar-refractivity contribution >= 4 is 18.1 Å². The van der Waals surface area contributed by atoms with E-state index in [0.29, 0.717) is 18.1 Å². The molecule has 4 N–H and O–H groups in total. The number of benzene rings is 1. The van der Waals surface area contributed by atoms with Crippen LogP contribution in [0, 0.1) is 0 Å². The van der Waals surface area contributed by atoms with Crippen LogP contribution in [0.4, 0.5) is 0 Å². The predicted octanol–water partition coefficient (Wildman–Crippen LogP) is 1.02. The van der Waals surface area contributed by atoms with Crippen molar-refractivity contribution < 1.29 is 19.0 Å². The summed E-state index contributed by atoms with van der Waals surface area (Å²) >= 11 is 0. The largest absolute Gasteiger partial charge is 0.490 e. The van der Waals surface area contributed by atoms with Crippen molar-refractivity contribution in [2.45, 2.75) is 26.9 Å². The summed E-state index contributed by atoms with van der Waals surface area (Å²) in [6.07, 6.45) is 1.28. The number of hydrogen-bond donors (Lipinski definition) is 2. The summed E-state index contributed by atoms with van der Waals surface area (Å²) in [6, 6.07) is 5.11. The molecule has 0 atom stereocenters. The highest BCUT2D eigenvalue weighted by atomic mass is 16.6. The summed E-state index contributed by atoms with van der Waals surface area (Å²) < 4.78 is 15.9. The topological polar surface area (TPSA) is 122 Å². The number of nitrogens with zero attached hydrogens (tertiary/aromatic N) is 2. The Balaban J connectivity index is 2.81. The van der Waals surface area contributed by atoms with Gasteiger partial charge in [0.25, 0.3) is 0 Å². The first-order chi connectivity index (χ1) is 10.9. The fourth-order valence-electron chi connectivity index (χ4n) is 1.59. The molecule has 1 rings (SSSR count). The second kappa shape index (κ2) is 9.29. The Morgan fingerprint density at radius 1 is 1.26 bits per heavy atom. The van der Waals surface area contributed by atoms with E-state index in [2.05, 4.69) is 10.2 Å². The maximum atomic E-state index is 11.5. The zero-order valence-electron chi connectivity index (χ0n) is 13.5. The SMILES string of the molecule is CCOc1cc(C=NN=C(N)N)ccc1OCC(=O)OC(C)C. The van der Waals surface area contributed by atoms with Gasteiger partial charge in [-0.3, -0.25) is 0 Å². The van der Waals surface area contributed by atoms with E-state index in [1.165, 1.54) is 6.21 Å². The Kier molecular flexibility index (Phi) is 7.38. The molecule has 1 aromatic carbocycles. The molecule has 23 heavy (non-hydrogen) atoms. The first kappa shape index (κ1) is 18.3. The molecule has 0 aliphatic rings. The van der Waals surface area contributed by atoms with Crippen LogP contribution >= 0.6 is 0 Å². The van der Waals surface area contributed by atoms with Gasteiger partial charge in [0.05, 0.1) is 18.9 Å². The van der Waals surface area contributed by atoms with Gasteiger partial charge >= 0.3 is 5.97 Å². The molecule has 0 radical (unpaired) electrons. The van der Waals surface area contributed by atoms with Crippen molar-refractivity contribution in [3.05, 3.63) is 23.8 Å². The molecule has 0 aliphatic heterocycles. The number of hydrogen-bond acceptors (Lipinski definition) is 6. The van der Waals surface area contributed by atoms with Gasteiger partial charge < -0.3 is 25.7 Å². The number of guanidine groups is 1. The molecule has 0 aromatic heterocycles. The minimum Gasteiger partial charge on any atom is -0.490 e. The zero-order chi connectivity index (χ0) is 17.2. The summed E-state index contributed by atoms with van der Waals surface area (Å²) in [5, 5.41) is 7.23. The minimum absolute atomic E-state index is 0.130. The lowest BCUT2D eigenvalue weighted by molar-refractivity contribution is -0.149. The van der Waals surface area contributed by atoms with E-state index in [-0.39, 0.29) is 18.7 Å². The Labute approximate surface area is 135 Å². The summed E-state index contributed by atoms with van der Waals surface area (Å²) in [6.45, 7) is 5.64. The van der Waals surface area contributed by atoms with E-state index >= 15 is 0 Å². The summed E-state index contributed by atoms with van der Waals surface area (Å²) in [5.41, 5.74) is 11.1. The molecule has 0 aliphatic carbocycles. The van der Waals surface area contributed by atoms with Gasteiger partial charge in [-0.2, -0.15) is 5.10 Å². The summed E-state index contributed by atoms with van der Waals surface area (Å²) in [4.78, 5) is 11.5. The number of carbonyl (C=O) groups excluding carboxylic acids is 1. The van der Waals surface area contributed by atoms with Crippen LogP contribution in [-0.2, 0) is 9.53 Å². The van der Waals surface area contributed by atoms with Crippen molar-refractivity contribution in [1.82, 2.24) is 0 Å². The smallest absolute Gasteiger partial charge is 0.344 e. The van der Waals surface area contributed by atoms with Gasteiger partial charge in [-0.15, -0.1) is 5.10 Å². The normalized spacial score (nSPS) is 10.6. The lowest BCUT2D eigenvalue weighted by Gasteiger charge is -2.13. The molecular weight excluding hydrogens is 300 g/mol. The van der Waals surface area contributed by atoms with E-state index in [4.69, 9.17) is 25.7 Å². The predicted molar refractivity (Wildman–Crippen MR) is 87.7 cm³/mol. The van der Waals surface area contributed by atoms with Crippen LogP contribution in [0.15, 0.2) is 28.4 Å². The lowest BCUT2D eigenvalue weighted by atomic mass is 10.2. The molecule has 8 heteroatoms. The first-order valence-electron chi connectivity index (χ1n) is 7.13. The lowest BCUT2D eigenvalue weighted by Crippen LogP contribution is -2.21. The van der Waals surface area contributed by atoms with E-state index in [0.717, 1.165) is 5.56 Å². The Morgan fingerprint density at radius 2 is 2.00 bits per heavy atom. The quantitative estimate of drug-likeness (QED) is 0.319. The molecule has 126 valence electrons. The monoisotopic (exact) mass is 322 g/mol. The average molecular weight is 322 g/mol. The molecule has 0 amide bonds. The standard InChI is InChI=1S/C15H22N4O4/c1-4-21-13-7-11(8-18-19-15(16)17)5-6-12(13)22-9-14(20)23-10(2)3/h5-8,10H,4,9H2,1-3H3,(H4,16,17,19). The van der Waals surface area contributed by atoms with Crippen LogP contribution in [0.2, 0.25) is 0 Å². The van der Waals surface area contributed by atoms with Crippen molar-refractivity contribution in [3.8, 4) is 11.5 Å². The van der Waals surface area contributed by atoms with Crippen LogP contribution in [0.25, 0.3) is 0 Å². The Bertz CT molecular complexity index is 581. The molecule has 0 heterocycles. The van der Waals surface area contributed by atoms with E-state index in [1.54, 1.807) is 32.0 Å². The second-order valence-corrected chi connectivity index (χ2v) is 4.74. The van der Waals surface area contributed by atoms with Crippen molar-refractivity contribution in [3.63, 3.8) is 0 Å². The van der Waals surface area contributed by atoms with Gasteiger partial charge in [-0.1, -0.05) is 0 Å². The minimum atomic E-state index is -0.444. The molecule has 0 spiro atoms.